The number of carbonyl (C=O) groups excluding carboxylic acids is 1. The van der Waals surface area contributed by atoms with Gasteiger partial charge in [-0.25, -0.2) is 0 Å². The molecule has 0 N–H and O–H groups in total. The van der Waals surface area contributed by atoms with Crippen molar-refractivity contribution in [3.8, 4) is 0 Å². The van der Waals surface area contributed by atoms with Gasteiger partial charge < -0.3 is 18.8 Å². The molecule has 0 aromatic carbocycles. The van der Waals surface area contributed by atoms with E-state index in [1.807, 2.05) is 4.90 Å². The van der Waals surface area contributed by atoms with E-state index < -0.39 is 0 Å². The van der Waals surface area contributed by atoms with Gasteiger partial charge in [0.1, 0.15) is 6.26 Å². The molecule has 2 aliphatic heterocycles. The number of furan rings is 1. The summed E-state index contributed by atoms with van der Waals surface area (Å²) < 4.78 is 17.1. The normalized spacial score (nSPS) is 31.0. The monoisotopic (exact) mass is 319 g/mol. The summed E-state index contributed by atoms with van der Waals surface area (Å²) >= 11 is 0. The Balaban J connectivity index is 1.46. The molecular formula is C18H25NO4. The maximum Gasteiger partial charge on any atom is 0.257 e. The van der Waals surface area contributed by atoms with E-state index in [9.17, 15) is 4.79 Å². The van der Waals surface area contributed by atoms with E-state index >= 15 is 0 Å². The molecule has 1 aromatic rings. The predicted octanol–water partition coefficient (Wildman–Crippen LogP) is 2.72. The highest BCUT2D eigenvalue weighted by Gasteiger charge is 2.47. The molecule has 2 atom stereocenters. The molecule has 2 saturated heterocycles. The molecule has 5 nitrogen and oxygen atoms in total. The van der Waals surface area contributed by atoms with Gasteiger partial charge in [0.05, 0.1) is 24.5 Å². The summed E-state index contributed by atoms with van der Waals surface area (Å²) in [5.74, 6) is 0.825. The maximum atomic E-state index is 12.7. The molecular weight excluding hydrogens is 294 g/mol. The van der Waals surface area contributed by atoms with Crippen molar-refractivity contribution < 1.29 is 18.7 Å². The number of nitrogens with zero attached hydrogens (tertiary/aromatic N) is 1. The van der Waals surface area contributed by atoms with Crippen LogP contribution >= 0.6 is 0 Å². The maximum absolute atomic E-state index is 12.7. The number of rotatable bonds is 5. The van der Waals surface area contributed by atoms with Crippen LogP contribution in [0.4, 0.5) is 0 Å². The van der Waals surface area contributed by atoms with Gasteiger partial charge in [-0.2, -0.15) is 0 Å². The molecule has 0 radical (unpaired) electrons. The smallest absolute Gasteiger partial charge is 0.257 e. The molecule has 1 aliphatic carbocycles. The minimum Gasteiger partial charge on any atom is -0.472 e. The second-order valence-corrected chi connectivity index (χ2v) is 7.31. The van der Waals surface area contributed by atoms with Gasteiger partial charge in [0.2, 0.25) is 0 Å². The van der Waals surface area contributed by atoms with E-state index in [4.69, 9.17) is 13.9 Å². The first-order valence-electron chi connectivity index (χ1n) is 8.78. The van der Waals surface area contributed by atoms with Crippen molar-refractivity contribution in [3.05, 3.63) is 24.2 Å². The molecule has 3 fully saturated rings. The van der Waals surface area contributed by atoms with Crippen LogP contribution in [0.3, 0.4) is 0 Å². The van der Waals surface area contributed by atoms with Crippen molar-refractivity contribution in [3.63, 3.8) is 0 Å². The van der Waals surface area contributed by atoms with Crippen LogP contribution in [0, 0.1) is 11.3 Å². The molecule has 3 heterocycles. The Morgan fingerprint density at radius 1 is 1.39 bits per heavy atom. The summed E-state index contributed by atoms with van der Waals surface area (Å²) in [5, 5.41) is 0. The summed E-state index contributed by atoms with van der Waals surface area (Å²) in [4.78, 5) is 14.6. The Morgan fingerprint density at radius 2 is 2.30 bits per heavy atom. The number of piperidine rings is 1. The van der Waals surface area contributed by atoms with Crippen LogP contribution in [-0.4, -0.2) is 49.8 Å². The highest BCUT2D eigenvalue weighted by atomic mass is 16.5. The number of ether oxygens (including phenoxy) is 2. The van der Waals surface area contributed by atoms with Crippen molar-refractivity contribution in [1.29, 1.82) is 0 Å². The quantitative estimate of drug-likeness (QED) is 0.837. The fourth-order valence-electron chi connectivity index (χ4n) is 3.96. The lowest BCUT2D eigenvalue weighted by atomic mass is 9.73. The summed E-state index contributed by atoms with van der Waals surface area (Å²) in [6, 6.07) is 1.74. The van der Waals surface area contributed by atoms with Crippen molar-refractivity contribution in [2.45, 2.75) is 38.2 Å². The first-order valence-corrected chi connectivity index (χ1v) is 8.78. The van der Waals surface area contributed by atoms with E-state index in [1.165, 1.54) is 19.1 Å². The van der Waals surface area contributed by atoms with Crippen LogP contribution in [0.5, 0.6) is 0 Å². The zero-order valence-electron chi connectivity index (χ0n) is 13.5. The first-order chi connectivity index (χ1) is 11.3. The van der Waals surface area contributed by atoms with E-state index in [0.717, 1.165) is 51.5 Å². The van der Waals surface area contributed by atoms with Crippen molar-refractivity contribution in [2.24, 2.45) is 11.3 Å². The average molecular weight is 319 g/mol. The Labute approximate surface area is 136 Å². The summed E-state index contributed by atoms with van der Waals surface area (Å²) in [6.07, 6.45) is 8.95. The van der Waals surface area contributed by atoms with Gasteiger partial charge in [-0.05, 0) is 44.1 Å². The van der Waals surface area contributed by atoms with E-state index in [1.54, 1.807) is 12.3 Å². The number of likely N-dealkylation sites (tertiary alicyclic amines) is 1. The average Bonchev–Trinajstić information content (AvgIpc) is 3.24. The largest absolute Gasteiger partial charge is 0.472 e. The molecule has 5 heteroatoms. The Kier molecular flexibility index (Phi) is 4.16. The SMILES string of the molecule is O=C(c1ccoc1)N1CC[C@H]2OCCC[C@@]2(COCC2CC2)C1. The number of hydrogen-bond donors (Lipinski definition) is 0. The minimum atomic E-state index is -0.0369. The van der Waals surface area contributed by atoms with Gasteiger partial charge in [-0.15, -0.1) is 0 Å². The fraction of sp³-hybridized carbons (Fsp3) is 0.722. The molecule has 4 rings (SSSR count). The lowest BCUT2D eigenvalue weighted by Gasteiger charge is -2.50. The number of hydrogen-bond acceptors (Lipinski definition) is 4. The van der Waals surface area contributed by atoms with Crippen LogP contribution in [0.1, 0.15) is 42.5 Å². The molecule has 0 spiro atoms. The zero-order chi connectivity index (χ0) is 15.7. The summed E-state index contributed by atoms with van der Waals surface area (Å²) in [6.45, 7) is 3.89. The standard InChI is InChI=1S/C18H25NO4/c20-17(15-5-9-21-11-15)19-7-4-16-18(12-19,6-1-8-23-16)13-22-10-14-2-3-14/h5,9,11,14,16H,1-4,6-8,10,12-13H2/t16-,18+/m1/s1. The van der Waals surface area contributed by atoms with Crippen LogP contribution in [-0.2, 0) is 9.47 Å². The molecule has 1 saturated carbocycles. The second-order valence-electron chi connectivity index (χ2n) is 7.31. The molecule has 1 amide bonds. The summed E-state index contributed by atoms with van der Waals surface area (Å²) in [7, 11) is 0. The Hall–Kier alpha value is -1.33. The zero-order valence-corrected chi connectivity index (χ0v) is 13.5. The topological polar surface area (TPSA) is 51.9 Å². The third-order valence-corrected chi connectivity index (χ3v) is 5.48. The molecule has 3 aliphatic rings. The van der Waals surface area contributed by atoms with Gasteiger partial charge in [-0.3, -0.25) is 4.79 Å². The first kappa shape index (κ1) is 15.2. The van der Waals surface area contributed by atoms with Crippen molar-refractivity contribution in [1.82, 2.24) is 4.90 Å². The van der Waals surface area contributed by atoms with Gasteiger partial charge in [0, 0.05) is 31.7 Å². The van der Waals surface area contributed by atoms with Gasteiger partial charge >= 0.3 is 0 Å². The highest BCUT2D eigenvalue weighted by Crippen LogP contribution is 2.41. The number of carbonyl (C=O) groups is 1. The van der Waals surface area contributed by atoms with E-state index in [0.29, 0.717) is 12.2 Å². The van der Waals surface area contributed by atoms with E-state index in [2.05, 4.69) is 0 Å². The molecule has 0 bridgehead atoms. The molecule has 0 unspecified atom stereocenters. The van der Waals surface area contributed by atoms with Gasteiger partial charge in [0.25, 0.3) is 5.91 Å². The lowest BCUT2D eigenvalue weighted by Crippen LogP contribution is -2.58. The lowest BCUT2D eigenvalue weighted by molar-refractivity contribution is -0.147. The van der Waals surface area contributed by atoms with Crippen LogP contribution < -0.4 is 0 Å². The third kappa shape index (κ3) is 3.17. The highest BCUT2D eigenvalue weighted by molar-refractivity contribution is 5.93. The molecule has 1 aromatic heterocycles. The Morgan fingerprint density at radius 3 is 3.09 bits per heavy atom. The van der Waals surface area contributed by atoms with Crippen molar-refractivity contribution >= 4 is 5.91 Å². The van der Waals surface area contributed by atoms with Gasteiger partial charge in [-0.1, -0.05) is 0 Å². The molecule has 23 heavy (non-hydrogen) atoms. The third-order valence-electron chi connectivity index (χ3n) is 5.48. The van der Waals surface area contributed by atoms with Crippen LogP contribution in [0.25, 0.3) is 0 Å². The van der Waals surface area contributed by atoms with Gasteiger partial charge in [0.15, 0.2) is 0 Å². The van der Waals surface area contributed by atoms with Crippen molar-refractivity contribution in [2.75, 3.05) is 32.9 Å². The number of amides is 1. The Bertz CT molecular complexity index is 539. The minimum absolute atomic E-state index is 0.0369. The molecule has 126 valence electrons. The predicted molar refractivity (Wildman–Crippen MR) is 84.2 cm³/mol. The van der Waals surface area contributed by atoms with Crippen LogP contribution in [0.2, 0.25) is 0 Å². The van der Waals surface area contributed by atoms with E-state index in [-0.39, 0.29) is 17.4 Å². The fourth-order valence-corrected chi connectivity index (χ4v) is 3.96. The summed E-state index contributed by atoms with van der Waals surface area (Å²) in [5.41, 5.74) is 0.597. The van der Waals surface area contributed by atoms with Crippen LogP contribution in [0.15, 0.2) is 23.0 Å². The number of fused-ring (bicyclic) bond motifs is 1. The second kappa shape index (κ2) is 6.29.